The number of nitrogens with zero attached hydrogens (tertiary/aromatic N) is 3. The van der Waals surface area contributed by atoms with Crippen LogP contribution in [-0.2, 0) is 14.4 Å². The molecule has 3 aliphatic rings. The predicted octanol–water partition coefficient (Wildman–Crippen LogP) is 0.780. The number of guanidine groups is 1. The molecule has 2 amide bonds. The van der Waals surface area contributed by atoms with Crippen molar-refractivity contribution in [1.82, 2.24) is 15.1 Å². The third-order valence-electron chi connectivity index (χ3n) is 7.52. The molecule has 0 aromatic heterocycles. The number of aliphatic carboxylic acids is 1. The van der Waals surface area contributed by atoms with Crippen LogP contribution in [0.15, 0.2) is 4.99 Å². The van der Waals surface area contributed by atoms with Gasteiger partial charge in [-0.15, -0.1) is 12.4 Å². The molecule has 1 unspecified atom stereocenters. The van der Waals surface area contributed by atoms with Gasteiger partial charge in [-0.3, -0.25) is 24.6 Å². The highest BCUT2D eigenvalue weighted by Crippen LogP contribution is 2.38. The third-order valence-corrected chi connectivity index (χ3v) is 7.52. The number of carbonyl (C=O) groups excluding carboxylic acids is 2. The first-order valence-corrected chi connectivity index (χ1v) is 12.4. The zero-order valence-corrected chi connectivity index (χ0v) is 21.0. The lowest BCUT2D eigenvalue weighted by atomic mass is 9.79. The Kier molecular flexibility index (Phi) is 11.0. The van der Waals surface area contributed by atoms with Crippen LogP contribution < -0.4 is 16.8 Å². The molecule has 2 saturated heterocycles. The highest BCUT2D eigenvalue weighted by atomic mass is 35.5. The second-order valence-electron chi connectivity index (χ2n) is 10.0. The number of halogens is 1. The molecule has 0 spiro atoms. The van der Waals surface area contributed by atoms with Gasteiger partial charge in [-0.1, -0.05) is 32.1 Å². The highest BCUT2D eigenvalue weighted by Gasteiger charge is 2.41. The molecule has 1 saturated carbocycles. The fourth-order valence-electron chi connectivity index (χ4n) is 5.60. The number of piperidine rings is 1. The largest absolute Gasteiger partial charge is 0.480 e. The Hall–Kier alpha value is -1.91. The summed E-state index contributed by atoms with van der Waals surface area (Å²) < 4.78 is 0. The van der Waals surface area contributed by atoms with Gasteiger partial charge in [0.2, 0.25) is 11.8 Å². The summed E-state index contributed by atoms with van der Waals surface area (Å²) in [7, 11) is 0. The molecule has 1 aliphatic carbocycles. The minimum Gasteiger partial charge on any atom is -0.480 e. The average molecular weight is 501 g/mol. The van der Waals surface area contributed by atoms with E-state index < -0.39 is 17.9 Å². The van der Waals surface area contributed by atoms with E-state index in [1.54, 1.807) is 6.92 Å². The first-order chi connectivity index (χ1) is 15.7. The molecule has 0 aromatic carbocycles. The number of hydrogen-bond donors (Lipinski definition) is 4. The van der Waals surface area contributed by atoms with Gasteiger partial charge in [-0.25, -0.2) is 4.99 Å². The SMILES string of the molecule is C[C@H](N)C(=O)NC(=O)[C@@H]1CC(C2CCCCC2)CN1CC1CCN(C(N)=NCC(=O)O)CC1.Cl. The van der Waals surface area contributed by atoms with Gasteiger partial charge in [0.25, 0.3) is 0 Å². The molecule has 0 aromatic rings. The van der Waals surface area contributed by atoms with Crippen molar-refractivity contribution in [2.75, 3.05) is 32.7 Å². The molecular weight excluding hydrogens is 460 g/mol. The number of nitrogens with one attached hydrogen (secondary N) is 1. The summed E-state index contributed by atoms with van der Waals surface area (Å²) in [5.41, 5.74) is 11.6. The minimum absolute atomic E-state index is 0. The fraction of sp³-hybridized carbons (Fsp3) is 0.826. The van der Waals surface area contributed by atoms with Crippen molar-refractivity contribution >= 4 is 36.2 Å². The van der Waals surface area contributed by atoms with Gasteiger partial charge in [-0.2, -0.15) is 0 Å². The summed E-state index contributed by atoms with van der Waals surface area (Å²) in [4.78, 5) is 43.9. The minimum atomic E-state index is -0.999. The van der Waals surface area contributed by atoms with Gasteiger partial charge in [-0.05, 0) is 43.9 Å². The van der Waals surface area contributed by atoms with E-state index in [1.165, 1.54) is 32.1 Å². The summed E-state index contributed by atoms with van der Waals surface area (Å²) >= 11 is 0. The van der Waals surface area contributed by atoms with Gasteiger partial charge < -0.3 is 21.5 Å². The Morgan fingerprint density at radius 1 is 1.09 bits per heavy atom. The normalized spacial score (nSPS) is 26.1. The monoisotopic (exact) mass is 500 g/mol. The Morgan fingerprint density at radius 3 is 2.32 bits per heavy atom. The van der Waals surface area contributed by atoms with Crippen molar-refractivity contribution in [1.29, 1.82) is 0 Å². The fourth-order valence-corrected chi connectivity index (χ4v) is 5.60. The molecule has 3 fully saturated rings. The van der Waals surface area contributed by atoms with E-state index in [1.807, 2.05) is 4.90 Å². The maximum absolute atomic E-state index is 13.0. The topological polar surface area (TPSA) is 154 Å². The summed E-state index contributed by atoms with van der Waals surface area (Å²) in [6.45, 7) is 4.42. The quantitative estimate of drug-likeness (QED) is 0.295. The summed E-state index contributed by atoms with van der Waals surface area (Å²) in [5, 5.41) is 11.3. The highest BCUT2D eigenvalue weighted by molar-refractivity contribution is 5.99. The molecule has 10 nitrogen and oxygen atoms in total. The molecular formula is C23H41ClN6O4. The van der Waals surface area contributed by atoms with E-state index in [-0.39, 0.29) is 36.9 Å². The van der Waals surface area contributed by atoms with Crippen LogP contribution in [0.2, 0.25) is 0 Å². The molecule has 0 bridgehead atoms. The smallest absolute Gasteiger partial charge is 0.325 e. The van der Waals surface area contributed by atoms with Crippen molar-refractivity contribution in [3.63, 3.8) is 0 Å². The second-order valence-corrected chi connectivity index (χ2v) is 10.0. The number of carboxylic acid groups (broad SMARTS) is 1. The first-order valence-electron chi connectivity index (χ1n) is 12.4. The van der Waals surface area contributed by atoms with Crippen molar-refractivity contribution in [2.24, 2.45) is 34.2 Å². The number of hydrogen-bond acceptors (Lipinski definition) is 6. The molecule has 2 aliphatic heterocycles. The van der Waals surface area contributed by atoms with Crippen LogP contribution in [0.1, 0.15) is 58.3 Å². The van der Waals surface area contributed by atoms with Crippen LogP contribution in [0, 0.1) is 17.8 Å². The van der Waals surface area contributed by atoms with E-state index >= 15 is 0 Å². The number of nitrogens with two attached hydrogens (primary N) is 2. The van der Waals surface area contributed by atoms with Crippen LogP contribution in [0.3, 0.4) is 0 Å². The second kappa shape index (κ2) is 13.3. The van der Waals surface area contributed by atoms with Crippen molar-refractivity contribution in [2.45, 2.75) is 70.4 Å². The van der Waals surface area contributed by atoms with Gasteiger partial charge in [0.1, 0.15) is 6.54 Å². The van der Waals surface area contributed by atoms with Gasteiger partial charge >= 0.3 is 5.97 Å². The molecule has 194 valence electrons. The van der Waals surface area contributed by atoms with E-state index in [2.05, 4.69) is 15.2 Å². The van der Waals surface area contributed by atoms with Crippen molar-refractivity contribution in [3.05, 3.63) is 0 Å². The Labute approximate surface area is 208 Å². The first kappa shape index (κ1) is 28.3. The van der Waals surface area contributed by atoms with Crippen LogP contribution >= 0.6 is 12.4 Å². The lowest BCUT2D eigenvalue weighted by Gasteiger charge is -2.35. The van der Waals surface area contributed by atoms with Crippen LogP contribution in [0.25, 0.3) is 0 Å². The molecule has 6 N–H and O–H groups in total. The molecule has 2 heterocycles. The number of carboxylic acids is 1. The van der Waals surface area contributed by atoms with E-state index in [9.17, 15) is 14.4 Å². The van der Waals surface area contributed by atoms with E-state index in [4.69, 9.17) is 16.6 Å². The third kappa shape index (κ3) is 7.81. The number of aliphatic imine (C=N–C) groups is 1. The molecule has 34 heavy (non-hydrogen) atoms. The van der Waals surface area contributed by atoms with Gasteiger partial charge in [0, 0.05) is 26.2 Å². The number of imide groups is 1. The molecule has 3 atom stereocenters. The molecule has 11 heteroatoms. The van der Waals surface area contributed by atoms with Crippen LogP contribution in [0.4, 0.5) is 0 Å². The van der Waals surface area contributed by atoms with E-state index in [0.29, 0.717) is 17.8 Å². The zero-order chi connectivity index (χ0) is 24.0. The zero-order valence-electron chi connectivity index (χ0n) is 20.2. The van der Waals surface area contributed by atoms with Crippen LogP contribution in [-0.4, -0.2) is 83.5 Å². The standard InChI is InChI=1S/C23H40N6O4.ClH/c1-15(24)21(32)27-22(33)19-11-18(17-5-3-2-4-6-17)14-29(19)13-16-7-9-28(10-8-16)23(25)26-12-20(30)31;/h15-19H,2-14,24H2,1H3,(H2,25,26)(H,30,31)(H,27,32,33);1H/t15-,18?,19-;/m0./s1. The van der Waals surface area contributed by atoms with Crippen LogP contribution in [0.5, 0.6) is 0 Å². The summed E-state index contributed by atoms with van der Waals surface area (Å²) in [6, 6.07) is -1.00. The van der Waals surface area contributed by atoms with Gasteiger partial charge in [0.15, 0.2) is 5.96 Å². The summed E-state index contributed by atoms with van der Waals surface area (Å²) in [6.07, 6.45) is 8.92. The Balaban J connectivity index is 0.00000408. The number of likely N-dealkylation sites (tertiary alicyclic amines) is 2. The van der Waals surface area contributed by atoms with Gasteiger partial charge in [0.05, 0.1) is 12.1 Å². The predicted molar refractivity (Wildman–Crippen MR) is 133 cm³/mol. The summed E-state index contributed by atoms with van der Waals surface area (Å²) in [5.74, 6) is 0.199. The number of rotatable bonds is 7. The maximum atomic E-state index is 13.0. The lowest BCUT2D eigenvalue weighted by Crippen LogP contribution is -2.51. The number of amides is 2. The average Bonchev–Trinajstić information content (AvgIpc) is 3.22. The Morgan fingerprint density at radius 2 is 1.74 bits per heavy atom. The molecule has 0 radical (unpaired) electrons. The number of carbonyl (C=O) groups is 3. The molecule has 3 rings (SSSR count). The van der Waals surface area contributed by atoms with Crippen molar-refractivity contribution < 1.29 is 19.5 Å². The lowest BCUT2D eigenvalue weighted by molar-refractivity contribution is -0.136. The maximum Gasteiger partial charge on any atom is 0.325 e. The Bertz CT molecular complexity index is 735. The van der Waals surface area contributed by atoms with Crippen molar-refractivity contribution in [3.8, 4) is 0 Å². The van der Waals surface area contributed by atoms with E-state index in [0.717, 1.165) is 45.4 Å².